The average Bonchev–Trinajstić information content (AvgIpc) is 3.29. The summed E-state index contributed by atoms with van der Waals surface area (Å²) in [4.78, 5) is 23.3. The Morgan fingerprint density at radius 3 is 2.40 bits per heavy atom. The Bertz CT molecular complexity index is 1180. The van der Waals surface area contributed by atoms with Gasteiger partial charge in [-0.1, -0.05) is 48.2 Å². The number of likely N-dealkylation sites (tertiary alicyclic amines) is 2. The maximum absolute atomic E-state index is 13.3. The van der Waals surface area contributed by atoms with E-state index < -0.39 is 0 Å². The normalized spacial score (nSPS) is 19.1. The van der Waals surface area contributed by atoms with Crippen molar-refractivity contribution in [3.63, 3.8) is 0 Å². The number of aromatic nitrogens is 2. The van der Waals surface area contributed by atoms with Gasteiger partial charge in [0, 0.05) is 19.6 Å². The maximum atomic E-state index is 13.3. The van der Waals surface area contributed by atoms with Crippen LogP contribution in [0.2, 0.25) is 0 Å². The Kier molecular flexibility index (Phi) is 8.48. The lowest BCUT2D eigenvalue weighted by Crippen LogP contribution is -2.43. The van der Waals surface area contributed by atoms with Crippen LogP contribution in [0.4, 0.5) is 0 Å². The average molecular weight is 532 g/mol. The summed E-state index contributed by atoms with van der Waals surface area (Å²) in [6.07, 6.45) is 8.60. The zero-order chi connectivity index (χ0) is 22.2. The molecule has 0 aliphatic carbocycles. The lowest BCUT2D eigenvalue weighted by molar-refractivity contribution is -0.127. The lowest BCUT2D eigenvalue weighted by atomic mass is 9.88. The Balaban J connectivity index is 0.00000144. The molecule has 186 valence electrons. The molecule has 3 aliphatic rings. The fourth-order valence-electron chi connectivity index (χ4n) is 5.61. The predicted molar refractivity (Wildman–Crippen MR) is 148 cm³/mol. The number of halogens is 2. The Hall–Kier alpha value is -1.99. The van der Waals surface area contributed by atoms with Crippen LogP contribution in [0, 0.1) is 5.92 Å². The Morgan fingerprint density at radius 1 is 0.914 bits per heavy atom. The Morgan fingerprint density at radius 2 is 1.66 bits per heavy atom. The van der Waals surface area contributed by atoms with E-state index in [1.54, 1.807) is 11.8 Å². The molecule has 0 unspecified atom stereocenters. The first kappa shape index (κ1) is 26.1. The second-order valence-corrected chi connectivity index (χ2v) is 10.6. The number of piperidine rings is 2. The number of imidazole rings is 1. The summed E-state index contributed by atoms with van der Waals surface area (Å²) in [7, 11) is 0. The van der Waals surface area contributed by atoms with Gasteiger partial charge in [0.2, 0.25) is 0 Å². The van der Waals surface area contributed by atoms with E-state index in [1.165, 1.54) is 38.0 Å². The summed E-state index contributed by atoms with van der Waals surface area (Å²) in [6.45, 7) is 5.31. The summed E-state index contributed by atoms with van der Waals surface area (Å²) in [5.41, 5.74) is 3.43. The molecule has 2 fully saturated rings. The van der Waals surface area contributed by atoms with Crippen LogP contribution in [0.15, 0.2) is 64.7 Å². The van der Waals surface area contributed by atoms with E-state index >= 15 is 0 Å². The predicted octanol–water partition coefficient (Wildman–Crippen LogP) is 5.74. The molecule has 5 heterocycles. The number of pyridine rings is 1. The molecule has 5 nitrogen and oxygen atoms in total. The quantitative estimate of drug-likeness (QED) is 0.431. The SMILES string of the molecule is Cl.Cl.O=C(C1=Cc2cnc3cccc(n23)S1)N1CCC(CN2CCC(c3ccccc3)CC2)CC1. The van der Waals surface area contributed by atoms with Crippen molar-refractivity contribution in [3.8, 4) is 0 Å². The smallest absolute Gasteiger partial charge is 0.260 e. The van der Waals surface area contributed by atoms with Gasteiger partial charge < -0.3 is 9.80 Å². The van der Waals surface area contributed by atoms with E-state index in [2.05, 4.69) is 55.6 Å². The number of hydrogen-bond acceptors (Lipinski definition) is 4. The molecular weight excluding hydrogens is 499 g/mol. The fraction of sp³-hybridized carbons (Fsp3) is 0.407. The molecule has 6 rings (SSSR count). The fourth-order valence-corrected chi connectivity index (χ4v) is 6.66. The second kappa shape index (κ2) is 11.4. The molecule has 0 bridgehead atoms. The molecule has 3 aromatic rings. The first-order valence-corrected chi connectivity index (χ1v) is 13.0. The first-order chi connectivity index (χ1) is 16.2. The van der Waals surface area contributed by atoms with Crippen molar-refractivity contribution in [2.75, 3.05) is 32.7 Å². The minimum Gasteiger partial charge on any atom is -0.338 e. The van der Waals surface area contributed by atoms with E-state index in [0.29, 0.717) is 11.8 Å². The van der Waals surface area contributed by atoms with Gasteiger partial charge in [-0.05, 0) is 74.4 Å². The molecule has 1 aromatic carbocycles. The van der Waals surface area contributed by atoms with Crippen molar-refractivity contribution in [1.82, 2.24) is 19.2 Å². The molecule has 1 amide bonds. The largest absolute Gasteiger partial charge is 0.338 e. The van der Waals surface area contributed by atoms with Crippen molar-refractivity contribution in [3.05, 3.63) is 70.9 Å². The molecule has 0 spiro atoms. The Labute approximate surface area is 223 Å². The first-order valence-electron chi connectivity index (χ1n) is 12.2. The van der Waals surface area contributed by atoms with Gasteiger partial charge in [0.1, 0.15) is 5.65 Å². The van der Waals surface area contributed by atoms with Crippen LogP contribution >= 0.6 is 36.6 Å². The highest BCUT2D eigenvalue weighted by Crippen LogP contribution is 2.36. The van der Waals surface area contributed by atoms with Gasteiger partial charge in [0.15, 0.2) is 0 Å². The third-order valence-electron chi connectivity index (χ3n) is 7.50. The summed E-state index contributed by atoms with van der Waals surface area (Å²) >= 11 is 1.57. The highest BCUT2D eigenvalue weighted by molar-refractivity contribution is 8.04. The molecule has 35 heavy (non-hydrogen) atoms. The van der Waals surface area contributed by atoms with Gasteiger partial charge in [0.25, 0.3) is 5.91 Å². The number of thioether (sulfide) groups is 1. The number of carbonyl (C=O) groups excluding carboxylic acids is 1. The molecule has 0 radical (unpaired) electrons. The van der Waals surface area contributed by atoms with Crippen LogP contribution in [-0.2, 0) is 4.79 Å². The molecule has 2 saturated heterocycles. The number of rotatable bonds is 4. The van der Waals surface area contributed by atoms with E-state index in [9.17, 15) is 4.79 Å². The molecule has 2 aromatic heterocycles. The summed E-state index contributed by atoms with van der Waals surface area (Å²) in [5.74, 6) is 1.59. The van der Waals surface area contributed by atoms with Gasteiger partial charge in [-0.25, -0.2) is 4.98 Å². The minimum absolute atomic E-state index is 0. The zero-order valence-electron chi connectivity index (χ0n) is 19.7. The minimum atomic E-state index is 0. The van der Waals surface area contributed by atoms with Crippen molar-refractivity contribution in [2.24, 2.45) is 5.92 Å². The number of nitrogens with zero attached hydrogens (tertiary/aromatic N) is 4. The van der Waals surface area contributed by atoms with Crippen LogP contribution in [0.5, 0.6) is 0 Å². The third-order valence-corrected chi connectivity index (χ3v) is 8.54. The lowest BCUT2D eigenvalue weighted by Gasteiger charge is -2.38. The van der Waals surface area contributed by atoms with Gasteiger partial charge in [-0.15, -0.1) is 24.8 Å². The van der Waals surface area contributed by atoms with Gasteiger partial charge in [0.05, 0.1) is 21.8 Å². The standard InChI is InChI=1S/C27H30N4OS.2ClH/c32-27(24-17-23-18-28-25-7-4-8-26(33-24)31(23)25)30-15-9-20(10-16-30)19-29-13-11-22(12-14-29)21-5-2-1-3-6-21;;/h1-8,17-18,20,22H,9-16,19H2;2*1H. The monoisotopic (exact) mass is 530 g/mol. The van der Waals surface area contributed by atoms with Crippen LogP contribution in [0.1, 0.15) is 42.9 Å². The zero-order valence-corrected chi connectivity index (χ0v) is 22.2. The number of benzene rings is 1. The van der Waals surface area contributed by atoms with Crippen LogP contribution in [0.25, 0.3) is 11.7 Å². The van der Waals surface area contributed by atoms with E-state index in [4.69, 9.17) is 0 Å². The molecule has 3 aliphatic heterocycles. The van der Waals surface area contributed by atoms with Crippen molar-refractivity contribution in [2.45, 2.75) is 36.6 Å². The molecule has 0 atom stereocenters. The van der Waals surface area contributed by atoms with Crippen molar-refractivity contribution in [1.29, 1.82) is 0 Å². The van der Waals surface area contributed by atoms with E-state index in [1.807, 2.05) is 24.4 Å². The van der Waals surface area contributed by atoms with Crippen LogP contribution in [0.3, 0.4) is 0 Å². The summed E-state index contributed by atoms with van der Waals surface area (Å²) < 4.78 is 2.12. The van der Waals surface area contributed by atoms with Crippen molar-refractivity contribution < 1.29 is 4.79 Å². The van der Waals surface area contributed by atoms with E-state index in [0.717, 1.165) is 47.2 Å². The number of carbonyl (C=O) groups is 1. The third kappa shape index (κ3) is 5.41. The highest BCUT2D eigenvalue weighted by Gasteiger charge is 2.29. The highest BCUT2D eigenvalue weighted by atomic mass is 35.5. The molecule has 0 saturated carbocycles. The van der Waals surface area contributed by atoms with Gasteiger partial charge in [-0.3, -0.25) is 9.20 Å². The number of amides is 1. The van der Waals surface area contributed by atoms with E-state index in [-0.39, 0.29) is 30.7 Å². The van der Waals surface area contributed by atoms with Gasteiger partial charge in [-0.2, -0.15) is 0 Å². The van der Waals surface area contributed by atoms with Crippen LogP contribution in [-0.4, -0.2) is 57.8 Å². The van der Waals surface area contributed by atoms with Crippen LogP contribution < -0.4 is 0 Å². The molecular formula is C27H32Cl2N4OS. The maximum Gasteiger partial charge on any atom is 0.260 e. The second-order valence-electron chi connectivity index (χ2n) is 9.57. The van der Waals surface area contributed by atoms with Gasteiger partial charge >= 0.3 is 0 Å². The molecule has 0 N–H and O–H groups in total. The molecule has 8 heteroatoms. The summed E-state index contributed by atoms with van der Waals surface area (Å²) in [5, 5.41) is 1.07. The summed E-state index contributed by atoms with van der Waals surface area (Å²) in [6, 6.07) is 17.1. The topological polar surface area (TPSA) is 40.9 Å². The number of hydrogen-bond donors (Lipinski definition) is 0. The van der Waals surface area contributed by atoms with Crippen molar-refractivity contribution >= 4 is 54.2 Å².